The number of fused-ring (bicyclic) bond motifs is 3. The highest BCUT2D eigenvalue weighted by Crippen LogP contribution is 2.36. The Morgan fingerprint density at radius 1 is 1.00 bits per heavy atom. The van der Waals surface area contributed by atoms with Gasteiger partial charge >= 0.3 is 7.12 Å². The highest BCUT2D eigenvalue weighted by molar-refractivity contribution is 6.62. The average Bonchev–Trinajstić information content (AvgIpc) is 2.95. The van der Waals surface area contributed by atoms with Crippen molar-refractivity contribution >= 4 is 34.4 Å². The van der Waals surface area contributed by atoms with E-state index in [-0.39, 0.29) is 18.3 Å². The van der Waals surface area contributed by atoms with Gasteiger partial charge in [-0.25, -0.2) is 4.98 Å². The molecular formula is C18H21BN2O2. The van der Waals surface area contributed by atoms with Crippen molar-refractivity contribution in [2.75, 3.05) is 0 Å². The highest BCUT2D eigenvalue weighted by atomic mass is 16.7. The monoisotopic (exact) mass is 308 g/mol. The third-order valence-electron chi connectivity index (χ3n) is 5.16. The molecule has 0 aliphatic carbocycles. The smallest absolute Gasteiger partial charge is 0.399 e. The van der Waals surface area contributed by atoms with Crippen LogP contribution in [-0.4, -0.2) is 28.3 Å². The van der Waals surface area contributed by atoms with Crippen molar-refractivity contribution < 1.29 is 9.31 Å². The van der Waals surface area contributed by atoms with Crippen LogP contribution in [0.4, 0.5) is 0 Å². The first kappa shape index (κ1) is 14.7. The van der Waals surface area contributed by atoms with Crippen molar-refractivity contribution in [3.05, 3.63) is 36.2 Å². The topological polar surface area (TPSA) is 47.1 Å². The van der Waals surface area contributed by atoms with Gasteiger partial charge in [0.25, 0.3) is 0 Å². The molecule has 0 amide bonds. The third kappa shape index (κ3) is 2.18. The van der Waals surface area contributed by atoms with Crippen molar-refractivity contribution in [1.29, 1.82) is 0 Å². The first-order valence-electron chi connectivity index (χ1n) is 8.00. The number of pyridine rings is 1. The number of aromatic amines is 1. The van der Waals surface area contributed by atoms with E-state index in [9.17, 15) is 0 Å². The Balaban J connectivity index is 1.84. The summed E-state index contributed by atoms with van der Waals surface area (Å²) in [6, 6.07) is 8.45. The van der Waals surface area contributed by atoms with Gasteiger partial charge in [-0.1, -0.05) is 18.2 Å². The van der Waals surface area contributed by atoms with Crippen LogP contribution >= 0.6 is 0 Å². The van der Waals surface area contributed by atoms with E-state index in [1.165, 1.54) is 5.39 Å². The number of aromatic nitrogens is 2. The quantitative estimate of drug-likeness (QED) is 0.702. The van der Waals surface area contributed by atoms with Crippen LogP contribution in [0.25, 0.3) is 21.8 Å². The van der Waals surface area contributed by atoms with Gasteiger partial charge in [-0.3, -0.25) is 0 Å². The largest absolute Gasteiger partial charge is 0.494 e. The van der Waals surface area contributed by atoms with Gasteiger partial charge in [0.05, 0.1) is 11.2 Å². The first-order valence-corrected chi connectivity index (χ1v) is 8.00. The lowest BCUT2D eigenvalue weighted by Gasteiger charge is -2.32. The Kier molecular flexibility index (Phi) is 2.94. The molecule has 118 valence electrons. The van der Waals surface area contributed by atoms with Crippen molar-refractivity contribution in [3.8, 4) is 0 Å². The van der Waals surface area contributed by atoms with E-state index in [0.717, 1.165) is 27.6 Å². The number of nitrogens with one attached hydrogen (secondary N) is 1. The van der Waals surface area contributed by atoms with Gasteiger partial charge in [-0.2, -0.15) is 0 Å². The average molecular weight is 308 g/mol. The van der Waals surface area contributed by atoms with Crippen LogP contribution in [0, 0.1) is 6.92 Å². The van der Waals surface area contributed by atoms with Crippen molar-refractivity contribution in [1.82, 2.24) is 9.97 Å². The zero-order chi connectivity index (χ0) is 16.4. The molecule has 0 radical (unpaired) electrons. The molecule has 23 heavy (non-hydrogen) atoms. The number of benzene rings is 1. The molecule has 2 aromatic heterocycles. The predicted octanol–water partition coefficient (Wildman–Crippen LogP) is 3.32. The van der Waals surface area contributed by atoms with Crippen LogP contribution in [0.3, 0.4) is 0 Å². The lowest BCUT2D eigenvalue weighted by molar-refractivity contribution is 0.00578. The summed E-state index contributed by atoms with van der Waals surface area (Å²) >= 11 is 0. The fourth-order valence-corrected chi connectivity index (χ4v) is 3.06. The lowest BCUT2D eigenvalue weighted by atomic mass is 9.78. The van der Waals surface area contributed by atoms with Gasteiger partial charge in [-0.15, -0.1) is 0 Å². The zero-order valence-corrected chi connectivity index (χ0v) is 14.2. The maximum absolute atomic E-state index is 6.17. The fraction of sp³-hybridized carbons (Fsp3) is 0.389. The fourth-order valence-electron chi connectivity index (χ4n) is 3.06. The Bertz CT molecular complexity index is 898. The standard InChI is InChI=1S/C18H21BN2O2/c1-11-8-15-14-9-13(7-6-12(14)10-20-16(15)21-11)19-22-17(2,3)18(4,5)23-19/h6-10H,1-5H3,(H,20,21). The second-order valence-corrected chi connectivity index (χ2v) is 7.41. The first-order chi connectivity index (χ1) is 10.8. The minimum atomic E-state index is -0.340. The van der Waals surface area contributed by atoms with E-state index in [2.05, 4.69) is 61.9 Å². The molecule has 1 N–H and O–H groups in total. The van der Waals surface area contributed by atoms with Gasteiger partial charge in [-0.05, 0) is 51.5 Å². The van der Waals surface area contributed by atoms with Crippen molar-refractivity contribution in [2.45, 2.75) is 45.8 Å². The molecule has 1 aromatic carbocycles. The molecule has 0 unspecified atom stereocenters. The number of H-pyrrole nitrogens is 1. The predicted molar refractivity (Wildman–Crippen MR) is 94.1 cm³/mol. The molecule has 1 aliphatic rings. The number of aryl methyl sites for hydroxylation is 1. The van der Waals surface area contributed by atoms with Crippen LogP contribution in [0.5, 0.6) is 0 Å². The Morgan fingerprint density at radius 3 is 2.39 bits per heavy atom. The molecule has 1 aliphatic heterocycles. The van der Waals surface area contributed by atoms with Gasteiger partial charge in [0.1, 0.15) is 5.65 Å². The van der Waals surface area contributed by atoms with Crippen LogP contribution in [0.15, 0.2) is 30.5 Å². The molecule has 1 saturated heterocycles. The molecular weight excluding hydrogens is 287 g/mol. The van der Waals surface area contributed by atoms with E-state index in [0.29, 0.717) is 0 Å². The summed E-state index contributed by atoms with van der Waals surface area (Å²) < 4.78 is 12.3. The van der Waals surface area contributed by atoms with Crippen LogP contribution in [-0.2, 0) is 9.31 Å². The Morgan fingerprint density at radius 2 is 1.70 bits per heavy atom. The Labute approximate surface area is 136 Å². The van der Waals surface area contributed by atoms with E-state index in [1.807, 2.05) is 13.1 Å². The molecule has 3 heterocycles. The third-order valence-corrected chi connectivity index (χ3v) is 5.16. The van der Waals surface area contributed by atoms with E-state index in [4.69, 9.17) is 9.31 Å². The van der Waals surface area contributed by atoms with Gasteiger partial charge < -0.3 is 14.3 Å². The molecule has 0 atom stereocenters. The highest BCUT2D eigenvalue weighted by Gasteiger charge is 2.51. The molecule has 0 saturated carbocycles. The number of rotatable bonds is 1. The summed E-state index contributed by atoms with van der Waals surface area (Å²) in [5.74, 6) is 0. The molecule has 5 heteroatoms. The van der Waals surface area contributed by atoms with Gasteiger partial charge in [0.15, 0.2) is 0 Å². The van der Waals surface area contributed by atoms with E-state index >= 15 is 0 Å². The summed E-state index contributed by atoms with van der Waals surface area (Å²) in [5, 5.41) is 3.43. The molecule has 1 fully saturated rings. The number of hydrogen-bond acceptors (Lipinski definition) is 3. The SMILES string of the molecule is Cc1cc2c(ncc3ccc(B4OC(C)(C)C(C)(C)O4)cc32)[nH]1. The molecule has 4 rings (SSSR count). The normalized spacial score (nSPS) is 19.8. The molecule has 3 aromatic rings. The molecule has 0 bridgehead atoms. The summed E-state index contributed by atoms with van der Waals surface area (Å²) in [7, 11) is -0.340. The number of hydrogen-bond donors (Lipinski definition) is 1. The van der Waals surface area contributed by atoms with E-state index in [1.54, 1.807) is 0 Å². The van der Waals surface area contributed by atoms with Crippen LogP contribution in [0.1, 0.15) is 33.4 Å². The lowest BCUT2D eigenvalue weighted by Crippen LogP contribution is -2.41. The zero-order valence-electron chi connectivity index (χ0n) is 14.2. The minimum Gasteiger partial charge on any atom is -0.399 e. The van der Waals surface area contributed by atoms with Crippen molar-refractivity contribution in [2.24, 2.45) is 0 Å². The summed E-state index contributed by atoms with van der Waals surface area (Å²) in [4.78, 5) is 7.78. The maximum atomic E-state index is 6.17. The number of nitrogens with zero attached hydrogens (tertiary/aromatic N) is 1. The van der Waals surface area contributed by atoms with E-state index < -0.39 is 0 Å². The van der Waals surface area contributed by atoms with Gasteiger partial charge in [0, 0.05) is 22.7 Å². The second kappa shape index (κ2) is 4.59. The Hall–Kier alpha value is -1.85. The van der Waals surface area contributed by atoms with Crippen LogP contribution < -0.4 is 5.46 Å². The second-order valence-electron chi connectivity index (χ2n) is 7.41. The summed E-state index contributed by atoms with van der Waals surface area (Å²) in [6.07, 6.45) is 1.90. The molecule has 4 nitrogen and oxygen atoms in total. The van der Waals surface area contributed by atoms with Crippen LogP contribution in [0.2, 0.25) is 0 Å². The minimum absolute atomic E-state index is 0.329. The maximum Gasteiger partial charge on any atom is 0.494 e. The molecule has 0 spiro atoms. The summed E-state index contributed by atoms with van der Waals surface area (Å²) in [6.45, 7) is 10.3. The summed E-state index contributed by atoms with van der Waals surface area (Å²) in [5.41, 5.74) is 2.42. The van der Waals surface area contributed by atoms with Crippen molar-refractivity contribution in [3.63, 3.8) is 0 Å². The van der Waals surface area contributed by atoms with Gasteiger partial charge in [0.2, 0.25) is 0 Å².